The average molecular weight is 286 g/mol. The van der Waals surface area contributed by atoms with E-state index in [-0.39, 0.29) is 11.9 Å². The second-order valence-electron chi connectivity index (χ2n) is 5.60. The number of anilines is 1. The molecule has 0 spiro atoms. The summed E-state index contributed by atoms with van der Waals surface area (Å²) in [5, 5.41) is 13.7. The van der Waals surface area contributed by atoms with Crippen LogP contribution in [0, 0.1) is 13.8 Å². The third kappa shape index (κ3) is 2.26. The van der Waals surface area contributed by atoms with Gasteiger partial charge in [0, 0.05) is 12.3 Å². The van der Waals surface area contributed by atoms with Gasteiger partial charge in [-0.15, -0.1) is 5.10 Å². The van der Waals surface area contributed by atoms with Crippen molar-refractivity contribution in [3.63, 3.8) is 0 Å². The summed E-state index contributed by atoms with van der Waals surface area (Å²) in [7, 11) is 0. The summed E-state index contributed by atoms with van der Waals surface area (Å²) in [6.45, 7) is 4.08. The predicted molar refractivity (Wildman–Crippen MR) is 78.1 cm³/mol. The molecule has 2 aromatic rings. The Bertz CT molecular complexity index is 708. The van der Waals surface area contributed by atoms with Gasteiger partial charge in [0.05, 0.1) is 0 Å². The Morgan fingerprint density at radius 2 is 2.14 bits per heavy atom. The van der Waals surface area contributed by atoms with Gasteiger partial charge in [0.25, 0.3) is 0 Å². The summed E-state index contributed by atoms with van der Waals surface area (Å²) < 4.78 is 1.47. The molecule has 3 rings (SSSR count). The van der Waals surface area contributed by atoms with E-state index in [1.807, 2.05) is 26.0 Å². The molecule has 0 amide bonds. The van der Waals surface area contributed by atoms with E-state index in [4.69, 9.17) is 5.73 Å². The second-order valence-corrected chi connectivity index (χ2v) is 5.60. The van der Waals surface area contributed by atoms with Gasteiger partial charge in [0.15, 0.2) is 6.04 Å². The monoisotopic (exact) mass is 286 g/mol. The van der Waals surface area contributed by atoms with Gasteiger partial charge in [-0.1, -0.05) is 18.2 Å². The maximum atomic E-state index is 11.7. The Morgan fingerprint density at radius 3 is 2.81 bits per heavy atom. The third-order valence-electron chi connectivity index (χ3n) is 4.25. The fourth-order valence-electron chi connectivity index (χ4n) is 3.00. The van der Waals surface area contributed by atoms with Crippen LogP contribution in [0.5, 0.6) is 0 Å². The smallest absolute Gasteiger partial charge is 0.329 e. The number of hydrogen-bond donors (Lipinski definition) is 2. The van der Waals surface area contributed by atoms with Crippen molar-refractivity contribution in [3.8, 4) is 0 Å². The molecule has 110 valence electrons. The Hall–Kier alpha value is -2.37. The zero-order valence-corrected chi connectivity index (χ0v) is 12.1. The van der Waals surface area contributed by atoms with Crippen LogP contribution in [0.25, 0.3) is 0 Å². The number of aliphatic carboxylic acids is 1. The quantitative estimate of drug-likeness (QED) is 0.878. The van der Waals surface area contributed by atoms with Crippen LogP contribution in [0.15, 0.2) is 18.2 Å². The molecule has 0 saturated carbocycles. The number of nitrogens with two attached hydrogens (primary N) is 1. The molecule has 0 saturated heterocycles. The summed E-state index contributed by atoms with van der Waals surface area (Å²) in [5.41, 5.74) is 9.01. The third-order valence-corrected chi connectivity index (χ3v) is 4.25. The highest BCUT2D eigenvalue weighted by Crippen LogP contribution is 2.38. The van der Waals surface area contributed by atoms with Gasteiger partial charge in [0.1, 0.15) is 5.82 Å². The van der Waals surface area contributed by atoms with Crippen LogP contribution in [0.4, 0.5) is 5.95 Å². The van der Waals surface area contributed by atoms with Gasteiger partial charge < -0.3 is 10.8 Å². The molecule has 0 fully saturated rings. The van der Waals surface area contributed by atoms with Crippen LogP contribution in [-0.4, -0.2) is 25.8 Å². The lowest BCUT2D eigenvalue weighted by molar-refractivity contribution is -0.142. The van der Waals surface area contributed by atoms with E-state index in [0.717, 1.165) is 12.0 Å². The number of fused-ring (bicyclic) bond motifs is 1. The Morgan fingerprint density at radius 1 is 1.38 bits per heavy atom. The number of aryl methyl sites for hydroxylation is 3. The van der Waals surface area contributed by atoms with Gasteiger partial charge in [0.2, 0.25) is 5.95 Å². The molecule has 2 atom stereocenters. The molecule has 1 aromatic carbocycles. The van der Waals surface area contributed by atoms with Gasteiger partial charge >= 0.3 is 5.97 Å². The molecule has 2 heterocycles. The molecule has 2 unspecified atom stereocenters. The highest BCUT2D eigenvalue weighted by Gasteiger charge is 2.37. The molecule has 1 aromatic heterocycles. The maximum Gasteiger partial charge on any atom is 0.329 e. The highest BCUT2D eigenvalue weighted by molar-refractivity contribution is 5.73. The van der Waals surface area contributed by atoms with Crippen LogP contribution in [0.1, 0.15) is 40.9 Å². The highest BCUT2D eigenvalue weighted by atomic mass is 16.4. The number of hydrogen-bond acceptors (Lipinski definition) is 4. The SMILES string of the molecule is Cc1ccc(C2CCc3nc(N)nn3C2C(=O)O)cc1C. The predicted octanol–water partition coefficient (Wildman–Crippen LogP) is 1.83. The van der Waals surface area contributed by atoms with Crippen molar-refractivity contribution in [1.29, 1.82) is 0 Å². The second kappa shape index (κ2) is 4.87. The van der Waals surface area contributed by atoms with Crippen LogP contribution in [-0.2, 0) is 11.2 Å². The molecule has 6 heteroatoms. The van der Waals surface area contributed by atoms with Gasteiger partial charge in [-0.3, -0.25) is 0 Å². The van der Waals surface area contributed by atoms with Crippen molar-refractivity contribution in [2.75, 3.05) is 5.73 Å². The number of carbonyl (C=O) groups is 1. The molecule has 1 aliphatic rings. The van der Waals surface area contributed by atoms with Gasteiger partial charge in [-0.2, -0.15) is 4.98 Å². The number of benzene rings is 1. The standard InChI is InChI=1S/C15H18N4O2/c1-8-3-4-10(7-9(8)2)11-5-6-12-17-15(16)18-19(12)13(11)14(20)21/h3-4,7,11,13H,5-6H2,1-2H3,(H2,16,18)(H,20,21). The van der Waals surface area contributed by atoms with Crippen LogP contribution in [0.3, 0.4) is 0 Å². The molecular formula is C15H18N4O2. The molecule has 0 aliphatic carbocycles. The lowest BCUT2D eigenvalue weighted by Gasteiger charge is -2.29. The van der Waals surface area contributed by atoms with Crippen molar-refractivity contribution in [2.24, 2.45) is 0 Å². The van der Waals surface area contributed by atoms with E-state index >= 15 is 0 Å². The van der Waals surface area contributed by atoms with Crippen molar-refractivity contribution >= 4 is 11.9 Å². The summed E-state index contributed by atoms with van der Waals surface area (Å²) in [4.78, 5) is 15.8. The van der Waals surface area contributed by atoms with Crippen LogP contribution < -0.4 is 5.73 Å². The molecule has 6 nitrogen and oxygen atoms in total. The van der Waals surface area contributed by atoms with Crippen molar-refractivity contribution < 1.29 is 9.90 Å². The summed E-state index contributed by atoms with van der Waals surface area (Å²) in [5.74, 6) is -0.226. The fraction of sp³-hybridized carbons (Fsp3) is 0.400. The van der Waals surface area contributed by atoms with Crippen molar-refractivity contribution in [1.82, 2.24) is 14.8 Å². The molecule has 0 radical (unpaired) electrons. The number of carboxylic acid groups (broad SMARTS) is 1. The fourth-order valence-corrected chi connectivity index (χ4v) is 3.00. The van der Waals surface area contributed by atoms with Crippen molar-refractivity contribution in [3.05, 3.63) is 40.7 Å². The molecular weight excluding hydrogens is 268 g/mol. The van der Waals surface area contributed by atoms with E-state index in [1.54, 1.807) is 0 Å². The summed E-state index contributed by atoms with van der Waals surface area (Å²) in [6.07, 6.45) is 1.42. The Labute approximate surface area is 122 Å². The number of aromatic nitrogens is 3. The number of nitrogens with zero attached hydrogens (tertiary/aromatic N) is 3. The van der Waals surface area contributed by atoms with Gasteiger partial charge in [-0.05, 0) is 37.0 Å². The largest absolute Gasteiger partial charge is 0.480 e. The zero-order chi connectivity index (χ0) is 15.1. The van der Waals surface area contributed by atoms with Crippen LogP contribution >= 0.6 is 0 Å². The Kier molecular flexibility index (Phi) is 3.16. The lowest BCUT2D eigenvalue weighted by Crippen LogP contribution is -2.32. The normalized spacial score (nSPS) is 21.0. The van der Waals surface area contributed by atoms with E-state index < -0.39 is 12.0 Å². The number of carboxylic acids is 1. The molecule has 21 heavy (non-hydrogen) atoms. The lowest BCUT2D eigenvalue weighted by atomic mass is 9.84. The van der Waals surface area contributed by atoms with Crippen molar-refractivity contribution in [2.45, 2.75) is 38.6 Å². The minimum atomic E-state index is -0.899. The van der Waals surface area contributed by atoms with E-state index in [0.29, 0.717) is 12.2 Å². The first kappa shape index (κ1) is 13.6. The zero-order valence-electron chi connectivity index (χ0n) is 12.1. The average Bonchev–Trinajstić information content (AvgIpc) is 2.80. The van der Waals surface area contributed by atoms with E-state index in [2.05, 4.69) is 16.1 Å². The summed E-state index contributed by atoms with van der Waals surface area (Å²) in [6, 6.07) is 5.37. The molecule has 3 N–H and O–H groups in total. The first-order chi connectivity index (χ1) is 9.97. The van der Waals surface area contributed by atoms with E-state index in [9.17, 15) is 9.90 Å². The minimum Gasteiger partial charge on any atom is -0.480 e. The first-order valence-electron chi connectivity index (χ1n) is 6.98. The Balaban J connectivity index is 2.06. The summed E-state index contributed by atoms with van der Waals surface area (Å²) >= 11 is 0. The number of nitrogen functional groups attached to an aromatic ring is 1. The minimum absolute atomic E-state index is 0.115. The van der Waals surface area contributed by atoms with Crippen LogP contribution in [0.2, 0.25) is 0 Å². The number of rotatable bonds is 2. The molecule has 0 bridgehead atoms. The topological polar surface area (TPSA) is 94.0 Å². The maximum absolute atomic E-state index is 11.7. The van der Waals surface area contributed by atoms with Gasteiger partial charge in [-0.25, -0.2) is 9.48 Å². The molecule has 1 aliphatic heterocycles. The first-order valence-corrected chi connectivity index (χ1v) is 6.98. The van der Waals surface area contributed by atoms with E-state index in [1.165, 1.54) is 15.8 Å².